The normalized spacial score (nSPS) is 23.1. The van der Waals surface area contributed by atoms with Crippen LogP contribution < -0.4 is 9.62 Å². The summed E-state index contributed by atoms with van der Waals surface area (Å²) in [5, 5.41) is 1.53. The summed E-state index contributed by atoms with van der Waals surface area (Å²) >= 11 is 1.59. The Morgan fingerprint density at radius 3 is 2.56 bits per heavy atom. The number of H-pyrrole nitrogens is 1. The molecule has 0 amide bonds. The van der Waals surface area contributed by atoms with Gasteiger partial charge in [-0.2, -0.15) is 4.37 Å². The Morgan fingerprint density at radius 2 is 1.81 bits per heavy atom. The third kappa shape index (κ3) is 4.85. The molecule has 1 aliphatic carbocycles. The first-order chi connectivity index (χ1) is 15.6. The van der Waals surface area contributed by atoms with Crippen molar-refractivity contribution in [3.05, 3.63) is 42.6 Å². The minimum absolute atomic E-state index is 0.0519. The van der Waals surface area contributed by atoms with Gasteiger partial charge >= 0.3 is 0 Å². The van der Waals surface area contributed by atoms with Crippen molar-refractivity contribution in [1.82, 2.24) is 19.0 Å². The minimum Gasteiger partial charge on any atom is -0.353 e. The van der Waals surface area contributed by atoms with Crippen molar-refractivity contribution in [3.63, 3.8) is 0 Å². The third-order valence-electron chi connectivity index (χ3n) is 6.91. The fourth-order valence-corrected chi connectivity index (χ4v) is 7.06. The second kappa shape index (κ2) is 9.51. The first-order valence-electron chi connectivity index (χ1n) is 11.6. The smallest absolute Gasteiger partial charge is 0.256 e. The molecule has 0 atom stereocenters. The van der Waals surface area contributed by atoms with E-state index in [1.807, 2.05) is 0 Å². The zero-order valence-corrected chi connectivity index (χ0v) is 19.9. The standard InChI is InChI=1S/C23H31N5O2S2/c29-32(30,22-6-3-12-24-22)26-19-9-7-18(8-10-19)11-13-27-14-16-28(17-15-27)23-20-4-1-2-5-21(20)31-25-23/h1-6,12,18-19,24,26H,7-11,13-17H2. The van der Waals surface area contributed by atoms with Crippen LogP contribution in [0.4, 0.5) is 5.82 Å². The van der Waals surface area contributed by atoms with Crippen LogP contribution in [0, 0.1) is 5.92 Å². The van der Waals surface area contributed by atoms with Crippen molar-refractivity contribution in [2.24, 2.45) is 5.92 Å². The van der Waals surface area contributed by atoms with Crippen LogP contribution in [-0.2, 0) is 10.0 Å². The lowest BCUT2D eigenvalue weighted by molar-refractivity contribution is 0.214. The van der Waals surface area contributed by atoms with E-state index in [-0.39, 0.29) is 11.1 Å². The number of aromatic nitrogens is 2. The molecule has 0 radical (unpaired) electrons. The van der Waals surface area contributed by atoms with Crippen LogP contribution in [-0.4, -0.2) is 61.4 Å². The van der Waals surface area contributed by atoms with E-state index in [1.54, 1.807) is 29.9 Å². The molecule has 172 valence electrons. The van der Waals surface area contributed by atoms with Crippen molar-refractivity contribution in [2.75, 3.05) is 37.6 Å². The number of piperazine rings is 1. The average Bonchev–Trinajstić information content (AvgIpc) is 3.50. The molecule has 1 aliphatic heterocycles. The molecule has 1 aromatic carbocycles. The van der Waals surface area contributed by atoms with Gasteiger partial charge < -0.3 is 9.88 Å². The van der Waals surface area contributed by atoms with Gasteiger partial charge in [0.2, 0.25) is 0 Å². The van der Waals surface area contributed by atoms with Crippen molar-refractivity contribution >= 4 is 37.5 Å². The fourth-order valence-electron chi connectivity index (χ4n) is 4.98. The summed E-state index contributed by atoms with van der Waals surface area (Å²) in [4.78, 5) is 7.79. The lowest BCUT2D eigenvalue weighted by Gasteiger charge is -2.36. The number of rotatable bonds is 7. The molecule has 5 rings (SSSR count). The molecule has 9 heteroatoms. The average molecular weight is 474 g/mol. The van der Waals surface area contributed by atoms with Crippen LogP contribution in [0.2, 0.25) is 0 Å². The van der Waals surface area contributed by atoms with Gasteiger partial charge in [0, 0.05) is 43.8 Å². The monoisotopic (exact) mass is 473 g/mol. The van der Waals surface area contributed by atoms with Crippen molar-refractivity contribution < 1.29 is 8.42 Å². The summed E-state index contributed by atoms with van der Waals surface area (Å²) in [6, 6.07) is 11.9. The van der Waals surface area contributed by atoms with E-state index >= 15 is 0 Å². The van der Waals surface area contributed by atoms with Crippen molar-refractivity contribution in [2.45, 2.75) is 43.2 Å². The number of fused-ring (bicyclic) bond motifs is 1. The highest BCUT2D eigenvalue weighted by Gasteiger charge is 2.27. The lowest BCUT2D eigenvalue weighted by Crippen LogP contribution is -2.47. The molecule has 2 fully saturated rings. The molecule has 2 aliphatic rings. The van der Waals surface area contributed by atoms with Crippen LogP contribution in [0.25, 0.3) is 10.1 Å². The van der Waals surface area contributed by atoms with E-state index in [0.717, 1.165) is 64.2 Å². The van der Waals surface area contributed by atoms with Crippen LogP contribution in [0.15, 0.2) is 47.6 Å². The molecule has 32 heavy (non-hydrogen) atoms. The van der Waals surface area contributed by atoms with Gasteiger partial charge in [-0.25, -0.2) is 13.1 Å². The maximum atomic E-state index is 12.4. The van der Waals surface area contributed by atoms with Gasteiger partial charge in [-0.05, 0) is 80.4 Å². The Morgan fingerprint density at radius 1 is 1.03 bits per heavy atom. The van der Waals surface area contributed by atoms with Crippen LogP contribution in [0.1, 0.15) is 32.1 Å². The van der Waals surface area contributed by atoms with E-state index in [1.165, 1.54) is 16.5 Å². The number of nitrogens with zero attached hydrogens (tertiary/aromatic N) is 3. The first-order valence-corrected chi connectivity index (χ1v) is 13.8. The van der Waals surface area contributed by atoms with Crippen LogP contribution in [0.3, 0.4) is 0 Å². The first kappa shape index (κ1) is 21.9. The van der Waals surface area contributed by atoms with Gasteiger partial charge in [0.05, 0.1) is 4.70 Å². The molecule has 1 saturated carbocycles. The highest BCUT2D eigenvalue weighted by molar-refractivity contribution is 7.89. The van der Waals surface area contributed by atoms with E-state index < -0.39 is 10.0 Å². The predicted octanol–water partition coefficient (Wildman–Crippen LogP) is 3.67. The quantitative estimate of drug-likeness (QED) is 0.547. The van der Waals surface area contributed by atoms with Crippen molar-refractivity contribution in [1.29, 1.82) is 0 Å². The molecule has 1 saturated heterocycles. The third-order valence-corrected chi connectivity index (χ3v) is 9.20. The molecule has 2 aromatic heterocycles. The maximum absolute atomic E-state index is 12.4. The lowest BCUT2D eigenvalue weighted by atomic mass is 9.84. The molecule has 7 nitrogen and oxygen atoms in total. The number of hydrogen-bond acceptors (Lipinski definition) is 6. The Labute approximate surface area is 194 Å². The summed E-state index contributed by atoms with van der Waals surface area (Å²) in [6.45, 7) is 5.35. The highest BCUT2D eigenvalue weighted by Crippen LogP contribution is 2.31. The van der Waals surface area contributed by atoms with Crippen LogP contribution >= 0.6 is 11.5 Å². The summed E-state index contributed by atoms with van der Waals surface area (Å²) in [5.74, 6) is 1.84. The molecule has 3 aromatic rings. The molecule has 2 N–H and O–H groups in total. The highest BCUT2D eigenvalue weighted by atomic mass is 32.2. The second-order valence-corrected chi connectivity index (χ2v) is 11.5. The predicted molar refractivity (Wildman–Crippen MR) is 130 cm³/mol. The van der Waals surface area contributed by atoms with Crippen molar-refractivity contribution in [3.8, 4) is 0 Å². The van der Waals surface area contributed by atoms with E-state index in [4.69, 9.17) is 4.37 Å². The molecule has 0 unspecified atom stereocenters. The van der Waals surface area contributed by atoms with Gasteiger partial charge in [0.15, 0.2) is 0 Å². The summed E-state index contributed by atoms with van der Waals surface area (Å²) in [7, 11) is -3.42. The zero-order valence-electron chi connectivity index (χ0n) is 18.2. The van der Waals surface area contributed by atoms with Crippen LogP contribution in [0.5, 0.6) is 0 Å². The molecule has 0 bridgehead atoms. The molecular formula is C23H31N5O2S2. The summed E-state index contributed by atoms with van der Waals surface area (Å²) in [5.41, 5.74) is 0. The molecule has 3 heterocycles. The topological polar surface area (TPSA) is 81.3 Å². The van der Waals surface area contributed by atoms with Gasteiger partial charge in [-0.1, -0.05) is 12.1 Å². The van der Waals surface area contributed by atoms with Gasteiger partial charge in [0.1, 0.15) is 10.8 Å². The Bertz CT molecular complexity index is 1110. The van der Waals surface area contributed by atoms with Gasteiger partial charge in [-0.15, -0.1) is 0 Å². The maximum Gasteiger partial charge on any atom is 0.256 e. The SMILES string of the molecule is O=S(=O)(NC1CCC(CCN2CCN(c3nsc4ccccc34)CC2)CC1)c1ccc[nH]1. The summed E-state index contributed by atoms with van der Waals surface area (Å²) in [6.07, 6.45) is 6.90. The molecular weight excluding hydrogens is 442 g/mol. The van der Waals surface area contributed by atoms with E-state index in [0.29, 0.717) is 5.92 Å². The number of hydrogen-bond donors (Lipinski definition) is 2. The van der Waals surface area contributed by atoms with Gasteiger partial charge in [0.25, 0.3) is 10.0 Å². The number of aromatic amines is 1. The Hall–Kier alpha value is -1.94. The number of nitrogens with one attached hydrogen (secondary N) is 2. The minimum atomic E-state index is -3.42. The van der Waals surface area contributed by atoms with Gasteiger partial charge in [-0.3, -0.25) is 4.90 Å². The summed E-state index contributed by atoms with van der Waals surface area (Å²) < 4.78 is 33.6. The second-order valence-electron chi connectivity index (χ2n) is 8.99. The zero-order chi connectivity index (χ0) is 22.0. The van der Waals surface area contributed by atoms with E-state index in [2.05, 4.69) is 43.8 Å². The molecule has 0 spiro atoms. The number of anilines is 1. The van der Waals surface area contributed by atoms with E-state index in [9.17, 15) is 8.42 Å². The Kier molecular flexibility index (Phi) is 6.50. The number of sulfonamides is 1. The fraction of sp³-hybridized carbons (Fsp3) is 0.522. The largest absolute Gasteiger partial charge is 0.353 e. The number of benzene rings is 1. The Balaban J connectivity index is 1.04.